The topological polar surface area (TPSA) is 120 Å². The van der Waals surface area contributed by atoms with Gasteiger partial charge in [0.1, 0.15) is 10.1 Å². The van der Waals surface area contributed by atoms with Crippen LogP contribution >= 0.6 is 23.1 Å². The Labute approximate surface area is 187 Å². The number of imide groups is 1. The normalized spacial score (nSPS) is 22.3. The Morgan fingerprint density at radius 1 is 1.23 bits per heavy atom. The SMILES string of the molecule is Cc1nnc(NC(=O)CSC2=NC(C3CCCCC3)=NC3=[N+](C)C(=O)N(C)C(=O)C23)s1. The van der Waals surface area contributed by atoms with Gasteiger partial charge in [0, 0.05) is 5.92 Å². The summed E-state index contributed by atoms with van der Waals surface area (Å²) in [7, 11) is 3.07. The van der Waals surface area contributed by atoms with Crippen LogP contribution < -0.4 is 5.32 Å². The maximum Gasteiger partial charge on any atom is 0.445 e. The smallest absolute Gasteiger partial charge is 0.300 e. The van der Waals surface area contributed by atoms with Crippen LogP contribution in [0.5, 0.6) is 0 Å². The number of amides is 4. The summed E-state index contributed by atoms with van der Waals surface area (Å²) in [6, 6.07) is -0.418. The van der Waals surface area contributed by atoms with Gasteiger partial charge in [-0.05, 0) is 19.8 Å². The summed E-state index contributed by atoms with van der Waals surface area (Å²) in [6.45, 7) is 1.81. The number of aromatic nitrogens is 2. The lowest BCUT2D eigenvalue weighted by molar-refractivity contribution is -0.407. The highest BCUT2D eigenvalue weighted by molar-refractivity contribution is 8.14. The number of urea groups is 1. The maximum atomic E-state index is 12.9. The van der Waals surface area contributed by atoms with E-state index in [2.05, 4.69) is 20.5 Å². The van der Waals surface area contributed by atoms with Crippen molar-refractivity contribution in [1.82, 2.24) is 15.1 Å². The first-order valence-corrected chi connectivity index (χ1v) is 12.0. The van der Waals surface area contributed by atoms with Crippen molar-refractivity contribution in [2.45, 2.75) is 39.0 Å². The van der Waals surface area contributed by atoms with Crippen LogP contribution in [0.15, 0.2) is 9.98 Å². The van der Waals surface area contributed by atoms with Crippen LogP contribution in [0.25, 0.3) is 0 Å². The molecule has 3 heterocycles. The molecule has 4 amide bonds. The Bertz CT molecular complexity index is 1020. The molecule has 4 rings (SSSR count). The van der Waals surface area contributed by atoms with Crippen molar-refractivity contribution in [3.63, 3.8) is 0 Å². The van der Waals surface area contributed by atoms with Gasteiger partial charge in [-0.1, -0.05) is 47.4 Å². The van der Waals surface area contributed by atoms with Gasteiger partial charge in [-0.25, -0.2) is 9.79 Å². The fraction of sp³-hybridized carbons (Fsp3) is 0.579. The van der Waals surface area contributed by atoms with Crippen molar-refractivity contribution in [2.75, 3.05) is 25.2 Å². The molecule has 1 aromatic rings. The van der Waals surface area contributed by atoms with Gasteiger partial charge < -0.3 is 0 Å². The minimum atomic E-state index is -0.776. The minimum Gasteiger partial charge on any atom is -0.300 e. The lowest BCUT2D eigenvalue weighted by Crippen LogP contribution is -2.55. The molecule has 1 unspecified atom stereocenters. The largest absolute Gasteiger partial charge is 0.445 e. The number of aryl methyl sites for hydroxylation is 1. The van der Waals surface area contributed by atoms with Crippen LogP contribution in [-0.4, -0.2) is 74.1 Å². The zero-order valence-electron chi connectivity index (χ0n) is 17.6. The van der Waals surface area contributed by atoms with Gasteiger partial charge >= 0.3 is 11.9 Å². The van der Waals surface area contributed by atoms with Crippen LogP contribution in [-0.2, 0) is 9.59 Å². The third kappa shape index (κ3) is 4.45. The first kappa shape index (κ1) is 21.8. The Balaban J connectivity index is 1.59. The first-order valence-electron chi connectivity index (χ1n) is 10.2. The number of anilines is 1. The van der Waals surface area contributed by atoms with E-state index in [1.807, 2.05) is 6.92 Å². The fourth-order valence-electron chi connectivity index (χ4n) is 3.89. The molecular weight excluding hydrogens is 438 g/mol. The molecule has 0 aromatic carbocycles. The molecule has 3 aliphatic rings. The number of nitrogens with one attached hydrogen (secondary N) is 1. The summed E-state index contributed by atoms with van der Waals surface area (Å²) in [6.07, 6.45) is 5.39. The van der Waals surface area contributed by atoms with E-state index in [9.17, 15) is 14.4 Å². The lowest BCUT2D eigenvalue weighted by Gasteiger charge is -2.28. The van der Waals surface area contributed by atoms with Crippen LogP contribution in [0.3, 0.4) is 0 Å². The van der Waals surface area contributed by atoms with E-state index < -0.39 is 11.9 Å². The molecule has 1 aromatic heterocycles. The number of rotatable bonds is 4. The first-order chi connectivity index (χ1) is 14.8. The van der Waals surface area contributed by atoms with Crippen molar-refractivity contribution >= 4 is 62.8 Å². The molecule has 1 fully saturated rings. The van der Waals surface area contributed by atoms with E-state index in [1.165, 1.54) is 41.1 Å². The molecule has 0 spiro atoms. The molecule has 31 heavy (non-hydrogen) atoms. The van der Waals surface area contributed by atoms with Crippen LogP contribution in [0.1, 0.15) is 37.1 Å². The van der Waals surface area contributed by atoms with Gasteiger partial charge in [0.05, 0.1) is 19.8 Å². The molecule has 1 atom stereocenters. The zero-order valence-corrected chi connectivity index (χ0v) is 19.3. The van der Waals surface area contributed by atoms with Gasteiger partial charge in [0.15, 0.2) is 5.92 Å². The van der Waals surface area contributed by atoms with Crippen LogP contribution in [0.2, 0.25) is 0 Å². The molecule has 12 heteroatoms. The average molecular weight is 463 g/mol. The van der Waals surface area contributed by atoms with E-state index in [-0.39, 0.29) is 23.5 Å². The lowest BCUT2D eigenvalue weighted by atomic mass is 9.88. The van der Waals surface area contributed by atoms with Crippen molar-refractivity contribution in [3.8, 4) is 0 Å². The van der Waals surface area contributed by atoms with Crippen molar-refractivity contribution in [3.05, 3.63) is 5.01 Å². The Morgan fingerprint density at radius 3 is 2.65 bits per heavy atom. The number of hydrogen-bond donors (Lipinski definition) is 1. The summed E-state index contributed by atoms with van der Waals surface area (Å²) in [4.78, 5) is 48.3. The van der Waals surface area contributed by atoms with E-state index in [4.69, 9.17) is 4.99 Å². The molecule has 1 aliphatic carbocycles. The summed E-state index contributed by atoms with van der Waals surface area (Å²) < 4.78 is 1.41. The summed E-state index contributed by atoms with van der Waals surface area (Å²) in [5.41, 5.74) is 0. The molecule has 1 saturated carbocycles. The summed E-state index contributed by atoms with van der Waals surface area (Å²) >= 11 is 2.50. The molecule has 0 radical (unpaired) electrons. The monoisotopic (exact) mass is 462 g/mol. The molecule has 0 saturated heterocycles. The molecule has 2 aliphatic heterocycles. The highest BCUT2D eigenvalue weighted by atomic mass is 32.2. The third-order valence-corrected chi connectivity index (χ3v) is 7.33. The number of carbonyl (C=O) groups excluding carboxylic acids is 3. The molecule has 164 valence electrons. The number of nitrogens with zero attached hydrogens (tertiary/aromatic N) is 6. The number of fused-ring (bicyclic) bond motifs is 1. The van der Waals surface area contributed by atoms with E-state index >= 15 is 0 Å². The molecule has 1 N–H and O–H groups in total. The highest BCUT2D eigenvalue weighted by Crippen LogP contribution is 2.31. The quantitative estimate of drug-likeness (QED) is 0.685. The van der Waals surface area contributed by atoms with Crippen molar-refractivity contribution in [1.29, 1.82) is 0 Å². The number of carbonyl (C=O) groups is 3. The van der Waals surface area contributed by atoms with Crippen molar-refractivity contribution < 1.29 is 19.0 Å². The second kappa shape index (κ2) is 8.95. The number of thioether (sulfide) groups is 1. The third-order valence-electron chi connectivity index (χ3n) is 5.55. The Morgan fingerprint density at radius 2 is 1.97 bits per heavy atom. The maximum absolute atomic E-state index is 12.9. The van der Waals surface area contributed by atoms with Crippen molar-refractivity contribution in [2.24, 2.45) is 21.8 Å². The van der Waals surface area contributed by atoms with E-state index in [0.29, 0.717) is 21.8 Å². The van der Waals surface area contributed by atoms with Gasteiger partial charge in [0.2, 0.25) is 16.9 Å². The molecule has 0 bridgehead atoms. The number of hydrogen-bond acceptors (Lipinski definition) is 9. The highest BCUT2D eigenvalue weighted by Gasteiger charge is 2.49. The zero-order chi connectivity index (χ0) is 22.1. The number of aliphatic imine (C=N–C) groups is 2. The minimum absolute atomic E-state index is 0.0633. The van der Waals surface area contributed by atoms with E-state index in [1.54, 1.807) is 7.05 Å². The van der Waals surface area contributed by atoms with Gasteiger partial charge in [0.25, 0.3) is 5.84 Å². The Hall–Kier alpha value is -2.47. The predicted molar refractivity (Wildman–Crippen MR) is 120 cm³/mol. The Kier molecular flexibility index (Phi) is 6.28. The second-order valence-corrected chi connectivity index (χ2v) is 9.93. The van der Waals surface area contributed by atoms with E-state index in [0.717, 1.165) is 35.6 Å². The summed E-state index contributed by atoms with van der Waals surface area (Å²) in [5, 5.41) is 12.2. The van der Waals surface area contributed by atoms with Gasteiger partial charge in [-0.3, -0.25) is 14.9 Å². The predicted octanol–water partition coefficient (Wildman–Crippen LogP) is 2.16. The second-order valence-electron chi connectivity index (χ2n) is 7.75. The summed E-state index contributed by atoms with van der Waals surface area (Å²) in [5.74, 6) is -0.0923. The van der Waals surface area contributed by atoms with Gasteiger partial charge in [-0.15, -0.1) is 10.2 Å². The molecule has 10 nitrogen and oxygen atoms in total. The van der Waals surface area contributed by atoms with Crippen LogP contribution in [0, 0.1) is 18.8 Å². The van der Waals surface area contributed by atoms with Crippen LogP contribution in [0.4, 0.5) is 9.93 Å². The number of amidine groups is 2. The van der Waals surface area contributed by atoms with Gasteiger partial charge in [-0.2, -0.15) is 9.48 Å². The fourth-order valence-corrected chi connectivity index (χ4v) is 5.38. The molecular formula is C19H24N7O3S2+. The average Bonchev–Trinajstić information content (AvgIpc) is 3.19. The standard InChI is InChI=1S/C19H23N7O3S2/c1-10-23-24-18(31-10)20-12(27)9-30-16-13-15(25(2)19(29)26(3)17(13)28)21-14(22-16)11-7-5-4-6-8-11/h11,13H,4-9H2,1-3H3/p+1.